The number of benzene rings is 1. The molecule has 1 saturated heterocycles. The third kappa shape index (κ3) is 2.42. The first-order chi connectivity index (χ1) is 9.13. The molecule has 1 aromatic carbocycles. The van der Waals surface area contributed by atoms with E-state index in [4.69, 9.17) is 10.2 Å². The van der Waals surface area contributed by atoms with Gasteiger partial charge in [-0.25, -0.2) is 0 Å². The van der Waals surface area contributed by atoms with Crippen LogP contribution in [0.15, 0.2) is 28.7 Å². The lowest BCUT2D eigenvalue weighted by atomic mass is 10.2. The molecule has 100 valence electrons. The van der Waals surface area contributed by atoms with E-state index in [-0.39, 0.29) is 5.91 Å². The van der Waals surface area contributed by atoms with Crippen molar-refractivity contribution < 1.29 is 9.21 Å². The van der Waals surface area contributed by atoms with Gasteiger partial charge in [-0.15, -0.1) is 0 Å². The zero-order chi connectivity index (χ0) is 13.4. The summed E-state index contributed by atoms with van der Waals surface area (Å²) in [6, 6.07) is 7.18. The van der Waals surface area contributed by atoms with E-state index < -0.39 is 0 Å². The van der Waals surface area contributed by atoms with Crippen LogP contribution >= 0.6 is 11.8 Å². The number of amides is 1. The number of carbonyl (C=O) groups is 1. The van der Waals surface area contributed by atoms with Crippen LogP contribution in [0.3, 0.4) is 0 Å². The van der Waals surface area contributed by atoms with E-state index in [9.17, 15) is 4.79 Å². The van der Waals surface area contributed by atoms with Crippen LogP contribution in [0, 0.1) is 0 Å². The van der Waals surface area contributed by atoms with Gasteiger partial charge in [0.2, 0.25) is 0 Å². The largest absolute Gasteiger partial charge is 0.451 e. The van der Waals surface area contributed by atoms with Crippen molar-refractivity contribution in [3.63, 3.8) is 0 Å². The van der Waals surface area contributed by atoms with E-state index in [0.717, 1.165) is 24.2 Å². The van der Waals surface area contributed by atoms with Gasteiger partial charge in [0.25, 0.3) is 5.91 Å². The molecule has 0 spiro atoms. The standard InChI is InChI=1S/C14H16N2O2S/c1-9-8-16(4-5-19-9)14(17)13-7-10-6-11(15)2-3-12(10)18-13/h2-3,6-7,9H,4-5,8,15H2,1H3. The summed E-state index contributed by atoms with van der Waals surface area (Å²) >= 11 is 1.90. The second kappa shape index (κ2) is 4.81. The molecule has 1 aromatic heterocycles. The minimum Gasteiger partial charge on any atom is -0.451 e. The van der Waals surface area contributed by atoms with E-state index >= 15 is 0 Å². The number of anilines is 1. The Morgan fingerprint density at radius 3 is 3.11 bits per heavy atom. The second-order valence-corrected chi connectivity index (χ2v) is 6.39. The molecule has 1 aliphatic heterocycles. The fourth-order valence-corrected chi connectivity index (χ4v) is 3.34. The molecule has 3 rings (SSSR count). The fourth-order valence-electron chi connectivity index (χ4n) is 2.33. The van der Waals surface area contributed by atoms with Gasteiger partial charge in [0.1, 0.15) is 5.58 Å². The fraction of sp³-hybridized carbons (Fsp3) is 0.357. The molecule has 2 heterocycles. The first-order valence-electron chi connectivity index (χ1n) is 6.33. The van der Waals surface area contributed by atoms with E-state index in [1.165, 1.54) is 0 Å². The SMILES string of the molecule is CC1CN(C(=O)c2cc3cc(N)ccc3o2)CCS1. The third-order valence-corrected chi connectivity index (χ3v) is 4.42. The summed E-state index contributed by atoms with van der Waals surface area (Å²) in [4.78, 5) is 14.3. The topological polar surface area (TPSA) is 59.5 Å². The van der Waals surface area contributed by atoms with Crippen LogP contribution in [0.4, 0.5) is 5.69 Å². The summed E-state index contributed by atoms with van der Waals surface area (Å²) in [5.41, 5.74) is 7.11. The molecule has 0 aliphatic carbocycles. The zero-order valence-corrected chi connectivity index (χ0v) is 11.6. The predicted octanol–water partition coefficient (Wildman–Crippen LogP) is 2.59. The number of nitrogens with two attached hydrogens (primary N) is 1. The molecule has 0 bridgehead atoms. The Bertz CT molecular complexity index is 623. The predicted molar refractivity (Wildman–Crippen MR) is 78.4 cm³/mol. The molecule has 0 saturated carbocycles. The second-order valence-electron chi connectivity index (χ2n) is 4.84. The van der Waals surface area contributed by atoms with Gasteiger partial charge in [0, 0.05) is 35.2 Å². The average Bonchev–Trinajstić information content (AvgIpc) is 2.80. The van der Waals surface area contributed by atoms with E-state index in [1.807, 2.05) is 22.7 Å². The van der Waals surface area contributed by atoms with Gasteiger partial charge in [0.15, 0.2) is 5.76 Å². The summed E-state index contributed by atoms with van der Waals surface area (Å²) < 4.78 is 5.62. The lowest BCUT2D eigenvalue weighted by Gasteiger charge is -2.29. The first kappa shape index (κ1) is 12.4. The van der Waals surface area contributed by atoms with Crippen molar-refractivity contribution in [3.05, 3.63) is 30.0 Å². The molecule has 2 aromatic rings. The van der Waals surface area contributed by atoms with E-state index in [0.29, 0.717) is 22.3 Å². The Hall–Kier alpha value is -1.62. The van der Waals surface area contributed by atoms with Crippen LogP contribution in [0.2, 0.25) is 0 Å². The molecule has 1 amide bonds. The number of fused-ring (bicyclic) bond motifs is 1. The van der Waals surface area contributed by atoms with Crippen LogP contribution in [0.5, 0.6) is 0 Å². The van der Waals surface area contributed by atoms with Gasteiger partial charge >= 0.3 is 0 Å². The Balaban J connectivity index is 1.88. The van der Waals surface area contributed by atoms with Gasteiger partial charge in [-0.2, -0.15) is 11.8 Å². The quantitative estimate of drug-likeness (QED) is 0.813. The maximum atomic E-state index is 12.4. The highest BCUT2D eigenvalue weighted by Crippen LogP contribution is 2.24. The number of hydrogen-bond acceptors (Lipinski definition) is 4. The maximum absolute atomic E-state index is 12.4. The lowest BCUT2D eigenvalue weighted by molar-refractivity contribution is 0.0733. The lowest BCUT2D eigenvalue weighted by Crippen LogP contribution is -2.40. The van der Waals surface area contributed by atoms with Crippen molar-refractivity contribution in [2.45, 2.75) is 12.2 Å². The molecule has 1 atom stereocenters. The number of thioether (sulfide) groups is 1. The van der Waals surface area contributed by atoms with Crippen molar-refractivity contribution in [3.8, 4) is 0 Å². The molecule has 1 aliphatic rings. The summed E-state index contributed by atoms with van der Waals surface area (Å²) in [5.74, 6) is 1.36. The molecule has 2 N–H and O–H groups in total. The highest BCUT2D eigenvalue weighted by atomic mass is 32.2. The monoisotopic (exact) mass is 276 g/mol. The van der Waals surface area contributed by atoms with Gasteiger partial charge in [-0.1, -0.05) is 6.92 Å². The highest BCUT2D eigenvalue weighted by Gasteiger charge is 2.24. The van der Waals surface area contributed by atoms with Gasteiger partial charge in [-0.05, 0) is 24.3 Å². The van der Waals surface area contributed by atoms with Crippen molar-refractivity contribution in [1.29, 1.82) is 0 Å². The number of carbonyl (C=O) groups excluding carboxylic acids is 1. The van der Waals surface area contributed by atoms with Crippen LogP contribution in [0.25, 0.3) is 11.0 Å². The summed E-state index contributed by atoms with van der Waals surface area (Å²) in [7, 11) is 0. The van der Waals surface area contributed by atoms with E-state index in [2.05, 4.69) is 6.92 Å². The molecule has 19 heavy (non-hydrogen) atoms. The Kier molecular flexibility index (Phi) is 3.14. The Labute approximate surface area is 115 Å². The minimum absolute atomic E-state index is 0.0260. The summed E-state index contributed by atoms with van der Waals surface area (Å²) in [6.45, 7) is 3.71. The zero-order valence-electron chi connectivity index (χ0n) is 10.8. The average molecular weight is 276 g/mol. The molecule has 0 radical (unpaired) electrons. The number of nitrogen functional groups attached to an aromatic ring is 1. The number of nitrogens with zero attached hydrogens (tertiary/aromatic N) is 1. The number of hydrogen-bond donors (Lipinski definition) is 1. The van der Waals surface area contributed by atoms with Crippen molar-refractivity contribution in [2.24, 2.45) is 0 Å². The van der Waals surface area contributed by atoms with Gasteiger partial charge < -0.3 is 15.1 Å². The minimum atomic E-state index is -0.0260. The molecule has 1 unspecified atom stereocenters. The normalized spacial score (nSPS) is 19.8. The van der Waals surface area contributed by atoms with Gasteiger partial charge in [0.05, 0.1) is 0 Å². The summed E-state index contributed by atoms with van der Waals surface area (Å²) in [6.07, 6.45) is 0. The maximum Gasteiger partial charge on any atom is 0.289 e. The highest BCUT2D eigenvalue weighted by molar-refractivity contribution is 7.99. The third-order valence-electron chi connectivity index (χ3n) is 3.28. The smallest absolute Gasteiger partial charge is 0.289 e. The van der Waals surface area contributed by atoms with Crippen LogP contribution in [-0.4, -0.2) is 34.9 Å². The van der Waals surface area contributed by atoms with Crippen molar-refractivity contribution in [2.75, 3.05) is 24.6 Å². The molecule has 4 nitrogen and oxygen atoms in total. The summed E-state index contributed by atoms with van der Waals surface area (Å²) in [5, 5.41) is 1.36. The molecular formula is C14H16N2O2S. The first-order valence-corrected chi connectivity index (χ1v) is 7.38. The van der Waals surface area contributed by atoms with Crippen LogP contribution < -0.4 is 5.73 Å². The van der Waals surface area contributed by atoms with Crippen molar-refractivity contribution in [1.82, 2.24) is 4.90 Å². The van der Waals surface area contributed by atoms with Gasteiger partial charge in [-0.3, -0.25) is 4.79 Å². The molecule has 1 fully saturated rings. The number of rotatable bonds is 1. The van der Waals surface area contributed by atoms with Crippen LogP contribution in [-0.2, 0) is 0 Å². The Morgan fingerprint density at radius 2 is 2.32 bits per heavy atom. The van der Waals surface area contributed by atoms with E-state index in [1.54, 1.807) is 18.2 Å². The Morgan fingerprint density at radius 1 is 1.47 bits per heavy atom. The molecular weight excluding hydrogens is 260 g/mol. The van der Waals surface area contributed by atoms with Crippen molar-refractivity contribution >= 4 is 34.3 Å². The number of furan rings is 1. The van der Waals surface area contributed by atoms with Crippen LogP contribution in [0.1, 0.15) is 17.5 Å². The molecule has 5 heteroatoms.